The van der Waals surface area contributed by atoms with E-state index in [0.29, 0.717) is 0 Å². The number of benzene rings is 8. The summed E-state index contributed by atoms with van der Waals surface area (Å²) in [5.41, 5.74) is 13.7. The van der Waals surface area contributed by atoms with Gasteiger partial charge in [0.15, 0.2) is 0 Å². The lowest BCUT2D eigenvalue weighted by molar-refractivity contribution is 0.664. The average Bonchev–Trinajstić information content (AvgIpc) is 3.58. The van der Waals surface area contributed by atoms with Crippen molar-refractivity contribution in [3.05, 3.63) is 217 Å². The molecule has 3 nitrogen and oxygen atoms in total. The molecule has 1 atom stereocenters. The summed E-state index contributed by atoms with van der Waals surface area (Å²) in [4.78, 5) is 5.25. The molecule has 1 aromatic heterocycles. The first-order chi connectivity index (χ1) is 26.3. The fourth-order valence-corrected chi connectivity index (χ4v) is 7.88. The molecule has 0 amide bonds. The molecule has 9 aromatic rings. The van der Waals surface area contributed by atoms with Crippen LogP contribution in [0.2, 0.25) is 0 Å². The van der Waals surface area contributed by atoms with Crippen LogP contribution in [0, 0.1) is 0 Å². The van der Waals surface area contributed by atoms with E-state index in [-0.39, 0.29) is 6.17 Å². The second-order valence-electron chi connectivity index (χ2n) is 13.6. The van der Waals surface area contributed by atoms with Gasteiger partial charge in [-0.1, -0.05) is 170 Å². The van der Waals surface area contributed by atoms with Gasteiger partial charge in [0.2, 0.25) is 0 Å². The summed E-state index contributed by atoms with van der Waals surface area (Å²) >= 11 is 0. The maximum Gasteiger partial charge on any atom is 0.145 e. The summed E-state index contributed by atoms with van der Waals surface area (Å²) in [6.45, 7) is 0. The first-order valence-electron chi connectivity index (χ1n) is 18.2. The van der Waals surface area contributed by atoms with Crippen LogP contribution in [0.4, 0.5) is 0 Å². The third kappa shape index (κ3) is 5.51. The first kappa shape index (κ1) is 30.8. The standard InChI is InChI=1S/C50H35N3/c1-4-14-34(15-5-1)35-24-26-36(27-25-35)46-33-47(52-50(51-46)37-16-6-2-7-17-37)43-31-30-40(41-20-10-11-21-42(41)43)38-28-29-45-44-22-12-13-23-48(44)53(49(45)32-38)39-18-8-3-9-19-39/h1-33,50,52H. The highest BCUT2D eigenvalue weighted by Crippen LogP contribution is 2.39. The van der Waals surface area contributed by atoms with Crippen LogP contribution in [0.1, 0.15) is 22.9 Å². The summed E-state index contributed by atoms with van der Waals surface area (Å²) in [6.07, 6.45) is 1.99. The van der Waals surface area contributed by atoms with Gasteiger partial charge in [-0.25, -0.2) is 0 Å². The molecule has 0 spiro atoms. The van der Waals surface area contributed by atoms with Crippen LogP contribution in [0.5, 0.6) is 0 Å². The molecule has 3 heteroatoms. The Bertz CT molecular complexity index is 2830. The second kappa shape index (κ2) is 13.0. The highest BCUT2D eigenvalue weighted by atomic mass is 15.1. The zero-order valence-electron chi connectivity index (χ0n) is 29.0. The molecule has 0 radical (unpaired) electrons. The maximum absolute atomic E-state index is 5.25. The number of nitrogens with one attached hydrogen (secondary N) is 1. The number of aromatic nitrogens is 1. The van der Waals surface area contributed by atoms with E-state index in [1.165, 1.54) is 54.8 Å². The molecule has 0 fully saturated rings. The Morgan fingerprint density at radius 1 is 0.415 bits per heavy atom. The monoisotopic (exact) mass is 677 g/mol. The van der Waals surface area contributed by atoms with E-state index in [1.54, 1.807) is 0 Å². The molecule has 1 unspecified atom stereocenters. The molecule has 0 aliphatic carbocycles. The Morgan fingerprint density at radius 3 is 1.72 bits per heavy atom. The van der Waals surface area contributed by atoms with E-state index in [1.807, 2.05) is 0 Å². The van der Waals surface area contributed by atoms with Crippen molar-refractivity contribution < 1.29 is 0 Å². The number of aliphatic imine (C=N–C) groups is 1. The van der Waals surface area contributed by atoms with E-state index in [4.69, 9.17) is 4.99 Å². The van der Waals surface area contributed by atoms with Gasteiger partial charge in [-0.15, -0.1) is 0 Å². The molecular formula is C50H35N3. The Balaban J connectivity index is 1.10. The lowest BCUT2D eigenvalue weighted by Gasteiger charge is -2.26. The van der Waals surface area contributed by atoms with Crippen molar-refractivity contribution in [2.45, 2.75) is 6.17 Å². The number of nitrogens with zero attached hydrogens (tertiary/aromatic N) is 2. The van der Waals surface area contributed by atoms with Crippen molar-refractivity contribution in [2.24, 2.45) is 4.99 Å². The number of hydrogen-bond acceptors (Lipinski definition) is 2. The van der Waals surface area contributed by atoms with Crippen molar-refractivity contribution in [1.29, 1.82) is 0 Å². The average molecular weight is 678 g/mol. The second-order valence-corrected chi connectivity index (χ2v) is 13.6. The van der Waals surface area contributed by atoms with Gasteiger partial charge in [0.05, 0.1) is 16.7 Å². The van der Waals surface area contributed by atoms with E-state index in [2.05, 4.69) is 210 Å². The topological polar surface area (TPSA) is 29.3 Å². The van der Waals surface area contributed by atoms with E-state index < -0.39 is 0 Å². The van der Waals surface area contributed by atoms with Gasteiger partial charge in [-0.05, 0) is 74.5 Å². The first-order valence-corrected chi connectivity index (χ1v) is 18.2. The number of hydrogen-bond donors (Lipinski definition) is 1. The van der Waals surface area contributed by atoms with Gasteiger partial charge >= 0.3 is 0 Å². The van der Waals surface area contributed by atoms with Crippen molar-refractivity contribution >= 4 is 44.0 Å². The Hall–Kier alpha value is -6.97. The van der Waals surface area contributed by atoms with Crippen LogP contribution in [0.15, 0.2) is 205 Å². The highest BCUT2D eigenvalue weighted by Gasteiger charge is 2.22. The predicted molar refractivity (Wildman–Crippen MR) is 222 cm³/mol. The Kier molecular flexibility index (Phi) is 7.54. The SMILES string of the molecule is C1=C(c2ccc(-c3ccc4c5ccccc5n(-c5ccccc5)c4c3)c3ccccc23)NC(c2ccccc2)N=C1c1ccc(-c2ccccc2)cc1. The molecule has 10 rings (SSSR count). The Morgan fingerprint density at radius 2 is 0.962 bits per heavy atom. The predicted octanol–water partition coefficient (Wildman–Crippen LogP) is 12.4. The zero-order chi connectivity index (χ0) is 35.1. The van der Waals surface area contributed by atoms with Crippen molar-refractivity contribution in [1.82, 2.24) is 9.88 Å². The minimum atomic E-state index is -0.222. The van der Waals surface area contributed by atoms with E-state index >= 15 is 0 Å². The van der Waals surface area contributed by atoms with Gasteiger partial charge in [-0.3, -0.25) is 4.99 Å². The van der Waals surface area contributed by atoms with Crippen molar-refractivity contribution in [3.8, 4) is 27.9 Å². The fourth-order valence-electron chi connectivity index (χ4n) is 7.88. The molecular weight excluding hydrogens is 643 g/mol. The van der Waals surface area contributed by atoms with Crippen LogP contribution in [0.25, 0.3) is 66.2 Å². The van der Waals surface area contributed by atoms with Gasteiger partial charge in [0.1, 0.15) is 6.17 Å². The lowest BCUT2D eigenvalue weighted by Crippen LogP contribution is -2.25. The number of fused-ring (bicyclic) bond motifs is 4. The molecule has 1 N–H and O–H groups in total. The lowest BCUT2D eigenvalue weighted by atomic mass is 9.92. The summed E-state index contributed by atoms with van der Waals surface area (Å²) < 4.78 is 2.39. The molecule has 1 aliphatic heterocycles. The normalized spacial score (nSPS) is 14.2. The third-order valence-corrected chi connectivity index (χ3v) is 10.5. The zero-order valence-corrected chi connectivity index (χ0v) is 29.0. The van der Waals surface area contributed by atoms with Crippen LogP contribution >= 0.6 is 0 Å². The van der Waals surface area contributed by atoms with Crippen molar-refractivity contribution in [3.63, 3.8) is 0 Å². The number of para-hydroxylation sites is 2. The van der Waals surface area contributed by atoms with Gasteiger partial charge in [0.25, 0.3) is 0 Å². The smallest absolute Gasteiger partial charge is 0.145 e. The van der Waals surface area contributed by atoms with Gasteiger partial charge in [-0.2, -0.15) is 0 Å². The van der Waals surface area contributed by atoms with E-state index in [0.717, 1.165) is 33.8 Å². The summed E-state index contributed by atoms with van der Waals surface area (Å²) in [5, 5.41) is 8.72. The summed E-state index contributed by atoms with van der Waals surface area (Å²) in [7, 11) is 0. The van der Waals surface area contributed by atoms with Crippen LogP contribution in [-0.2, 0) is 0 Å². The maximum atomic E-state index is 5.25. The van der Waals surface area contributed by atoms with Gasteiger partial charge in [0, 0.05) is 27.7 Å². The molecule has 2 heterocycles. The fraction of sp³-hybridized carbons (Fsp3) is 0.0200. The minimum absolute atomic E-state index is 0.222. The van der Waals surface area contributed by atoms with E-state index in [9.17, 15) is 0 Å². The van der Waals surface area contributed by atoms with Crippen molar-refractivity contribution in [2.75, 3.05) is 0 Å². The molecule has 0 saturated carbocycles. The largest absolute Gasteiger partial charge is 0.359 e. The molecule has 8 aromatic carbocycles. The Labute approximate surface area is 308 Å². The summed E-state index contributed by atoms with van der Waals surface area (Å²) in [5.74, 6) is 0. The summed E-state index contributed by atoms with van der Waals surface area (Å²) in [6, 6.07) is 69.4. The quantitative estimate of drug-likeness (QED) is 0.186. The number of allylic oxidation sites excluding steroid dienone is 1. The molecule has 0 bridgehead atoms. The molecule has 53 heavy (non-hydrogen) atoms. The van der Waals surface area contributed by atoms with Gasteiger partial charge < -0.3 is 9.88 Å². The van der Waals surface area contributed by atoms with Crippen LogP contribution < -0.4 is 5.32 Å². The number of rotatable bonds is 6. The van der Waals surface area contributed by atoms with Crippen LogP contribution in [0.3, 0.4) is 0 Å². The molecule has 0 saturated heterocycles. The minimum Gasteiger partial charge on any atom is -0.359 e. The van der Waals surface area contributed by atoms with Crippen LogP contribution in [-0.4, -0.2) is 10.3 Å². The molecule has 250 valence electrons. The highest BCUT2D eigenvalue weighted by molar-refractivity contribution is 6.15. The third-order valence-electron chi connectivity index (χ3n) is 10.5. The molecule has 1 aliphatic rings.